The second-order valence-corrected chi connectivity index (χ2v) is 4.59. The Morgan fingerprint density at radius 3 is 2.25 bits per heavy atom. The smallest absolute Gasteiger partial charge is 0.316 e. The maximum absolute atomic E-state index is 11.7. The van der Waals surface area contributed by atoms with Gasteiger partial charge in [0.05, 0.1) is 0 Å². The lowest BCUT2D eigenvalue weighted by atomic mass is 10.0. The highest BCUT2D eigenvalue weighted by atomic mass is 16.4. The van der Waals surface area contributed by atoms with Crippen LogP contribution < -0.4 is 0 Å². The molecule has 16 heavy (non-hydrogen) atoms. The van der Waals surface area contributed by atoms with Crippen molar-refractivity contribution in [3.05, 3.63) is 0 Å². The molecule has 0 aromatic heterocycles. The number of carbonyl (C=O) groups is 2. The van der Waals surface area contributed by atoms with Crippen LogP contribution in [0.25, 0.3) is 0 Å². The van der Waals surface area contributed by atoms with Crippen molar-refractivity contribution < 1.29 is 14.7 Å². The molecule has 1 amide bonds. The molecule has 4 heteroatoms. The Morgan fingerprint density at radius 2 is 1.88 bits per heavy atom. The SMILES string of the molecule is CCC(C(=O)O)C(=O)N(C)CCCC(C)C. The van der Waals surface area contributed by atoms with Crippen molar-refractivity contribution in [1.82, 2.24) is 4.90 Å². The Balaban J connectivity index is 4.11. The Kier molecular flexibility index (Phi) is 6.77. The molecule has 0 heterocycles. The van der Waals surface area contributed by atoms with E-state index in [4.69, 9.17) is 5.11 Å². The fourth-order valence-corrected chi connectivity index (χ4v) is 1.57. The summed E-state index contributed by atoms with van der Waals surface area (Å²) in [5, 5.41) is 8.86. The largest absolute Gasteiger partial charge is 0.481 e. The van der Waals surface area contributed by atoms with E-state index >= 15 is 0 Å². The molecule has 1 N–H and O–H groups in total. The first-order valence-electron chi connectivity index (χ1n) is 5.87. The summed E-state index contributed by atoms with van der Waals surface area (Å²) in [6.45, 7) is 6.63. The van der Waals surface area contributed by atoms with Crippen LogP contribution in [0, 0.1) is 11.8 Å². The first kappa shape index (κ1) is 14.9. The van der Waals surface area contributed by atoms with E-state index in [0.29, 0.717) is 18.9 Å². The Labute approximate surface area is 97.6 Å². The molecule has 1 unspecified atom stereocenters. The van der Waals surface area contributed by atoms with Gasteiger partial charge in [-0.1, -0.05) is 20.8 Å². The van der Waals surface area contributed by atoms with Gasteiger partial charge < -0.3 is 10.0 Å². The second kappa shape index (κ2) is 7.25. The quantitative estimate of drug-likeness (QED) is 0.679. The molecule has 0 aromatic rings. The van der Waals surface area contributed by atoms with Gasteiger partial charge in [-0.05, 0) is 25.2 Å². The summed E-state index contributed by atoms with van der Waals surface area (Å²) in [5.41, 5.74) is 0. The minimum Gasteiger partial charge on any atom is -0.481 e. The summed E-state index contributed by atoms with van der Waals surface area (Å²) in [5.74, 6) is -1.57. The van der Waals surface area contributed by atoms with Crippen molar-refractivity contribution in [3.63, 3.8) is 0 Å². The molecule has 94 valence electrons. The fraction of sp³-hybridized carbons (Fsp3) is 0.833. The van der Waals surface area contributed by atoms with Crippen molar-refractivity contribution >= 4 is 11.9 Å². The number of nitrogens with zero attached hydrogens (tertiary/aromatic N) is 1. The monoisotopic (exact) mass is 229 g/mol. The molecular formula is C12H23NO3. The normalized spacial score (nSPS) is 12.6. The predicted octanol–water partition coefficient (Wildman–Crippen LogP) is 1.99. The highest BCUT2D eigenvalue weighted by Gasteiger charge is 2.26. The third-order valence-corrected chi connectivity index (χ3v) is 2.66. The van der Waals surface area contributed by atoms with E-state index in [1.165, 1.54) is 4.90 Å². The number of hydrogen-bond acceptors (Lipinski definition) is 2. The van der Waals surface area contributed by atoms with Crippen LogP contribution >= 0.6 is 0 Å². The zero-order valence-corrected chi connectivity index (χ0v) is 10.7. The lowest BCUT2D eigenvalue weighted by Gasteiger charge is -2.21. The van der Waals surface area contributed by atoms with E-state index in [1.54, 1.807) is 14.0 Å². The van der Waals surface area contributed by atoms with E-state index in [9.17, 15) is 9.59 Å². The Morgan fingerprint density at radius 1 is 1.31 bits per heavy atom. The number of carboxylic acids is 1. The summed E-state index contributed by atoms with van der Waals surface area (Å²) >= 11 is 0. The number of aliphatic carboxylic acids is 1. The molecule has 0 aliphatic heterocycles. The van der Waals surface area contributed by atoms with Gasteiger partial charge in [0.1, 0.15) is 5.92 Å². The second-order valence-electron chi connectivity index (χ2n) is 4.59. The van der Waals surface area contributed by atoms with Gasteiger partial charge in [-0.3, -0.25) is 9.59 Å². The summed E-state index contributed by atoms with van der Waals surface area (Å²) < 4.78 is 0. The molecule has 4 nitrogen and oxygen atoms in total. The van der Waals surface area contributed by atoms with Crippen LogP contribution in [0.3, 0.4) is 0 Å². The predicted molar refractivity (Wildman–Crippen MR) is 63.1 cm³/mol. The van der Waals surface area contributed by atoms with Crippen molar-refractivity contribution in [2.24, 2.45) is 11.8 Å². The molecule has 0 aliphatic carbocycles. The van der Waals surface area contributed by atoms with Gasteiger partial charge in [0.2, 0.25) is 5.91 Å². The molecule has 1 atom stereocenters. The van der Waals surface area contributed by atoms with E-state index < -0.39 is 11.9 Å². The third-order valence-electron chi connectivity index (χ3n) is 2.66. The van der Waals surface area contributed by atoms with Gasteiger partial charge in [-0.15, -0.1) is 0 Å². The molecule has 0 saturated carbocycles. The fourth-order valence-electron chi connectivity index (χ4n) is 1.57. The molecule has 0 rings (SSSR count). The minimum atomic E-state index is -1.02. The molecule has 0 spiro atoms. The van der Waals surface area contributed by atoms with E-state index in [-0.39, 0.29) is 5.91 Å². The number of amides is 1. The average molecular weight is 229 g/mol. The molecule has 0 aromatic carbocycles. The molecule has 0 fully saturated rings. The van der Waals surface area contributed by atoms with E-state index in [2.05, 4.69) is 13.8 Å². The van der Waals surface area contributed by atoms with Gasteiger partial charge in [0.15, 0.2) is 0 Å². The first-order valence-corrected chi connectivity index (χ1v) is 5.87. The lowest BCUT2D eigenvalue weighted by molar-refractivity contribution is -0.150. The van der Waals surface area contributed by atoms with Crippen molar-refractivity contribution in [1.29, 1.82) is 0 Å². The molecule has 0 aliphatic rings. The maximum Gasteiger partial charge on any atom is 0.316 e. The topological polar surface area (TPSA) is 57.6 Å². The van der Waals surface area contributed by atoms with Crippen LogP contribution in [-0.4, -0.2) is 35.5 Å². The summed E-state index contributed by atoms with van der Waals surface area (Å²) in [6.07, 6.45) is 2.33. The van der Waals surface area contributed by atoms with Gasteiger partial charge in [-0.2, -0.15) is 0 Å². The van der Waals surface area contributed by atoms with Gasteiger partial charge in [-0.25, -0.2) is 0 Å². The van der Waals surface area contributed by atoms with Crippen molar-refractivity contribution in [2.45, 2.75) is 40.0 Å². The van der Waals surface area contributed by atoms with E-state index in [1.807, 2.05) is 0 Å². The summed E-state index contributed by atoms with van der Waals surface area (Å²) in [6, 6.07) is 0. The molecule has 0 radical (unpaired) electrons. The average Bonchev–Trinajstić information content (AvgIpc) is 2.17. The molecule has 0 bridgehead atoms. The highest BCUT2D eigenvalue weighted by molar-refractivity contribution is 5.96. The zero-order valence-electron chi connectivity index (χ0n) is 10.7. The van der Waals surface area contributed by atoms with Crippen molar-refractivity contribution in [2.75, 3.05) is 13.6 Å². The zero-order chi connectivity index (χ0) is 12.7. The van der Waals surface area contributed by atoms with Crippen LogP contribution in [0.5, 0.6) is 0 Å². The molecular weight excluding hydrogens is 206 g/mol. The Hall–Kier alpha value is -1.06. The van der Waals surface area contributed by atoms with Crippen LogP contribution in [0.1, 0.15) is 40.0 Å². The van der Waals surface area contributed by atoms with E-state index in [0.717, 1.165) is 12.8 Å². The standard InChI is InChI=1S/C12H23NO3/c1-5-10(12(15)16)11(14)13(4)8-6-7-9(2)3/h9-10H,5-8H2,1-4H3,(H,15,16). The van der Waals surface area contributed by atoms with Crippen LogP contribution in [0.15, 0.2) is 0 Å². The highest BCUT2D eigenvalue weighted by Crippen LogP contribution is 2.09. The summed E-state index contributed by atoms with van der Waals surface area (Å²) in [4.78, 5) is 24.1. The third kappa shape index (κ3) is 5.14. The first-order chi connectivity index (χ1) is 7.40. The number of carbonyl (C=O) groups excluding carboxylic acids is 1. The minimum absolute atomic E-state index is 0.279. The summed E-state index contributed by atoms with van der Waals surface area (Å²) in [7, 11) is 1.67. The number of hydrogen-bond donors (Lipinski definition) is 1. The van der Waals surface area contributed by atoms with Crippen LogP contribution in [-0.2, 0) is 9.59 Å². The van der Waals surface area contributed by atoms with Crippen LogP contribution in [0.4, 0.5) is 0 Å². The number of rotatable bonds is 7. The molecule has 0 saturated heterocycles. The maximum atomic E-state index is 11.7. The Bertz CT molecular complexity index is 238. The lowest BCUT2D eigenvalue weighted by Crippen LogP contribution is -2.37. The van der Waals surface area contributed by atoms with Gasteiger partial charge >= 0.3 is 5.97 Å². The van der Waals surface area contributed by atoms with Crippen LogP contribution in [0.2, 0.25) is 0 Å². The number of carboxylic acid groups (broad SMARTS) is 1. The van der Waals surface area contributed by atoms with Gasteiger partial charge in [0.25, 0.3) is 0 Å². The van der Waals surface area contributed by atoms with Crippen molar-refractivity contribution in [3.8, 4) is 0 Å². The van der Waals surface area contributed by atoms with Gasteiger partial charge in [0, 0.05) is 13.6 Å².